The maximum absolute atomic E-state index is 13.1. The lowest BCUT2D eigenvalue weighted by molar-refractivity contribution is -0.118. The van der Waals surface area contributed by atoms with E-state index in [0.29, 0.717) is 24.8 Å². The van der Waals surface area contributed by atoms with Crippen LogP contribution in [-0.4, -0.2) is 41.7 Å². The second-order valence-corrected chi connectivity index (χ2v) is 9.61. The van der Waals surface area contributed by atoms with E-state index >= 15 is 0 Å². The fraction of sp³-hybridized carbons (Fsp3) is 0.500. The lowest BCUT2D eigenvalue weighted by atomic mass is 9.87. The van der Waals surface area contributed by atoms with Crippen LogP contribution < -0.4 is 5.32 Å². The van der Waals surface area contributed by atoms with E-state index in [4.69, 9.17) is 0 Å². The van der Waals surface area contributed by atoms with Crippen molar-refractivity contribution in [1.29, 1.82) is 0 Å². The molecule has 0 bridgehead atoms. The normalized spacial score (nSPS) is 16.0. The molecule has 0 aliphatic heterocycles. The Balaban J connectivity index is 1.84. The van der Waals surface area contributed by atoms with Crippen LogP contribution >= 0.6 is 0 Å². The second kappa shape index (κ2) is 10.1. The molecule has 1 N–H and O–H groups in total. The van der Waals surface area contributed by atoms with Gasteiger partial charge in [0.15, 0.2) is 5.82 Å². The van der Waals surface area contributed by atoms with Gasteiger partial charge in [-0.15, -0.1) is 0 Å². The van der Waals surface area contributed by atoms with Crippen LogP contribution in [0.2, 0.25) is 0 Å². The third kappa shape index (κ3) is 5.23. The first-order valence-electron chi connectivity index (χ1n) is 10.6. The van der Waals surface area contributed by atoms with Gasteiger partial charge in [0.05, 0.1) is 17.0 Å². The van der Waals surface area contributed by atoms with Gasteiger partial charge in [0.25, 0.3) is 0 Å². The third-order valence-electron chi connectivity index (χ3n) is 5.80. The molecule has 8 heteroatoms. The first kappa shape index (κ1) is 22.4. The molecular weight excluding hydrogens is 400 g/mol. The standard InChI is InChI=1S/C22H30N4O3S/c1-3-26(4-2)30(28,29)19-11-9-18(10-12-19)20(15-17-7-5-6-8-17)22(27)25-21-16-23-13-14-24-21/h9-14,16-17,20H,3-8,15H2,1-2H3,(H,24,25,27)/t20-/m1/s1. The molecule has 7 nitrogen and oxygen atoms in total. The molecule has 1 aromatic carbocycles. The summed E-state index contributed by atoms with van der Waals surface area (Å²) in [5, 5.41) is 2.86. The van der Waals surface area contributed by atoms with Crippen molar-refractivity contribution in [3.63, 3.8) is 0 Å². The topological polar surface area (TPSA) is 92.3 Å². The highest BCUT2D eigenvalue weighted by Gasteiger charge is 2.28. The lowest BCUT2D eigenvalue weighted by Gasteiger charge is -2.22. The van der Waals surface area contributed by atoms with E-state index in [0.717, 1.165) is 24.8 Å². The zero-order valence-corrected chi connectivity index (χ0v) is 18.4. The largest absolute Gasteiger partial charge is 0.309 e. The first-order valence-corrected chi connectivity index (χ1v) is 12.1. The van der Waals surface area contributed by atoms with Gasteiger partial charge in [0.1, 0.15) is 0 Å². The molecule has 30 heavy (non-hydrogen) atoms. The monoisotopic (exact) mass is 430 g/mol. The van der Waals surface area contributed by atoms with Gasteiger partial charge in [0, 0.05) is 25.5 Å². The average molecular weight is 431 g/mol. The molecule has 162 valence electrons. The Hall–Kier alpha value is -2.32. The zero-order chi connectivity index (χ0) is 21.6. The number of hydrogen-bond acceptors (Lipinski definition) is 5. The number of aromatic nitrogens is 2. The van der Waals surface area contributed by atoms with Crippen LogP contribution in [0.15, 0.2) is 47.8 Å². The first-order chi connectivity index (χ1) is 14.5. The van der Waals surface area contributed by atoms with E-state index in [1.54, 1.807) is 30.5 Å². The second-order valence-electron chi connectivity index (χ2n) is 7.68. The Morgan fingerprint density at radius 2 is 1.80 bits per heavy atom. The molecule has 3 rings (SSSR count). The van der Waals surface area contributed by atoms with E-state index in [-0.39, 0.29) is 16.7 Å². The van der Waals surface area contributed by atoms with E-state index in [1.165, 1.54) is 29.5 Å². The summed E-state index contributed by atoms with van der Waals surface area (Å²) in [5.74, 6) is 0.420. The third-order valence-corrected chi connectivity index (χ3v) is 7.86. The fourth-order valence-electron chi connectivity index (χ4n) is 4.14. The summed E-state index contributed by atoms with van der Waals surface area (Å²) >= 11 is 0. The summed E-state index contributed by atoms with van der Waals surface area (Å²) in [6.07, 6.45) is 10.0. The van der Waals surface area contributed by atoms with E-state index in [9.17, 15) is 13.2 Å². The van der Waals surface area contributed by atoms with Gasteiger partial charge in [-0.2, -0.15) is 4.31 Å². The Labute approximate surface area is 179 Å². The van der Waals surface area contributed by atoms with Gasteiger partial charge in [-0.25, -0.2) is 13.4 Å². The Morgan fingerprint density at radius 1 is 1.13 bits per heavy atom. The minimum absolute atomic E-state index is 0.137. The van der Waals surface area contributed by atoms with E-state index < -0.39 is 10.0 Å². The van der Waals surface area contributed by atoms with Crippen molar-refractivity contribution in [2.45, 2.75) is 56.8 Å². The molecule has 1 atom stereocenters. The Morgan fingerprint density at radius 3 is 2.37 bits per heavy atom. The van der Waals surface area contributed by atoms with Crippen LogP contribution in [0.4, 0.5) is 5.82 Å². The smallest absolute Gasteiger partial charge is 0.243 e. The SMILES string of the molecule is CCN(CC)S(=O)(=O)c1ccc([C@@H](CC2CCCC2)C(=O)Nc2cnccn2)cc1. The van der Waals surface area contributed by atoms with Crippen molar-refractivity contribution in [1.82, 2.24) is 14.3 Å². The fourth-order valence-corrected chi connectivity index (χ4v) is 5.59. The molecule has 1 aromatic heterocycles. The molecule has 1 aliphatic rings. The molecule has 1 aliphatic carbocycles. The Bertz CT molecular complexity index is 923. The summed E-state index contributed by atoms with van der Waals surface area (Å²) in [6.45, 7) is 4.49. The van der Waals surface area contributed by atoms with Crippen LogP contribution in [0.3, 0.4) is 0 Å². The molecule has 0 saturated heterocycles. The number of anilines is 1. The number of sulfonamides is 1. The number of carbonyl (C=O) groups is 1. The summed E-state index contributed by atoms with van der Waals surface area (Å²) in [4.78, 5) is 21.5. The van der Waals surface area contributed by atoms with Gasteiger partial charge in [-0.05, 0) is 30.0 Å². The quantitative estimate of drug-likeness (QED) is 0.653. The van der Waals surface area contributed by atoms with Crippen molar-refractivity contribution >= 4 is 21.7 Å². The molecule has 1 fully saturated rings. The highest BCUT2D eigenvalue weighted by molar-refractivity contribution is 7.89. The van der Waals surface area contributed by atoms with Gasteiger partial charge in [0.2, 0.25) is 15.9 Å². The van der Waals surface area contributed by atoms with Crippen molar-refractivity contribution in [3.05, 3.63) is 48.4 Å². The van der Waals surface area contributed by atoms with Crippen LogP contribution in [-0.2, 0) is 14.8 Å². The number of nitrogens with one attached hydrogen (secondary N) is 1. The van der Waals surface area contributed by atoms with Crippen molar-refractivity contribution < 1.29 is 13.2 Å². The highest BCUT2D eigenvalue weighted by Crippen LogP contribution is 2.35. The highest BCUT2D eigenvalue weighted by atomic mass is 32.2. The predicted octanol–water partition coefficient (Wildman–Crippen LogP) is 3.81. The minimum Gasteiger partial charge on any atom is -0.309 e. The molecule has 1 saturated carbocycles. The van der Waals surface area contributed by atoms with E-state index in [2.05, 4.69) is 15.3 Å². The van der Waals surface area contributed by atoms with Crippen LogP contribution in [0.1, 0.15) is 57.4 Å². The molecule has 0 unspecified atom stereocenters. The van der Waals surface area contributed by atoms with Gasteiger partial charge < -0.3 is 5.32 Å². The molecule has 0 radical (unpaired) electrons. The lowest BCUT2D eigenvalue weighted by Crippen LogP contribution is -2.30. The summed E-state index contributed by atoms with van der Waals surface area (Å²) in [6, 6.07) is 6.76. The van der Waals surface area contributed by atoms with E-state index in [1.807, 2.05) is 13.8 Å². The molecular formula is C22H30N4O3S. The van der Waals surface area contributed by atoms with Crippen LogP contribution in [0.25, 0.3) is 0 Å². The predicted molar refractivity (Wildman–Crippen MR) is 117 cm³/mol. The molecule has 1 amide bonds. The number of carbonyl (C=O) groups excluding carboxylic acids is 1. The van der Waals surface area contributed by atoms with Crippen LogP contribution in [0, 0.1) is 5.92 Å². The minimum atomic E-state index is -3.52. The average Bonchev–Trinajstić information content (AvgIpc) is 3.27. The summed E-state index contributed by atoms with van der Waals surface area (Å²) in [5.41, 5.74) is 0.821. The Kier molecular flexibility index (Phi) is 7.55. The number of rotatable bonds is 9. The van der Waals surface area contributed by atoms with Gasteiger partial charge in [-0.3, -0.25) is 9.78 Å². The van der Waals surface area contributed by atoms with Crippen molar-refractivity contribution in [3.8, 4) is 0 Å². The maximum atomic E-state index is 13.1. The number of nitrogens with zero attached hydrogens (tertiary/aromatic N) is 3. The van der Waals surface area contributed by atoms with Crippen molar-refractivity contribution in [2.75, 3.05) is 18.4 Å². The summed E-state index contributed by atoms with van der Waals surface area (Å²) in [7, 11) is -3.52. The van der Waals surface area contributed by atoms with Crippen molar-refractivity contribution in [2.24, 2.45) is 5.92 Å². The number of benzene rings is 1. The molecule has 1 heterocycles. The maximum Gasteiger partial charge on any atom is 0.243 e. The number of amides is 1. The number of hydrogen-bond donors (Lipinski definition) is 1. The molecule has 2 aromatic rings. The molecule has 0 spiro atoms. The van der Waals surface area contributed by atoms with Crippen LogP contribution in [0.5, 0.6) is 0 Å². The summed E-state index contributed by atoms with van der Waals surface area (Å²) < 4.78 is 27.0. The zero-order valence-electron chi connectivity index (χ0n) is 17.6. The van der Waals surface area contributed by atoms with Gasteiger partial charge in [-0.1, -0.05) is 51.7 Å². The van der Waals surface area contributed by atoms with Gasteiger partial charge >= 0.3 is 0 Å².